The predicted octanol–water partition coefficient (Wildman–Crippen LogP) is 1.10. The molecule has 1 heterocycles. The lowest BCUT2D eigenvalue weighted by atomic mass is 10.1. The standard InChI is InChI=1S/C12H14FN3O3/c13-9-1-3-11(16(18)19)8(5-9)6-14-10-2-4-12(17)15-7-10/h1,3,5,10,14H,2,4,6-7H2,(H,15,17). The molecule has 1 saturated heterocycles. The summed E-state index contributed by atoms with van der Waals surface area (Å²) >= 11 is 0. The zero-order chi connectivity index (χ0) is 13.8. The number of carbonyl (C=O) groups excluding carboxylic acids is 1. The Morgan fingerprint density at radius 2 is 2.32 bits per heavy atom. The van der Waals surface area contributed by atoms with Gasteiger partial charge in [-0.25, -0.2) is 4.39 Å². The van der Waals surface area contributed by atoms with Crippen molar-refractivity contribution in [2.75, 3.05) is 6.54 Å². The van der Waals surface area contributed by atoms with Gasteiger partial charge in [-0.2, -0.15) is 0 Å². The van der Waals surface area contributed by atoms with Crippen molar-refractivity contribution < 1.29 is 14.1 Å². The van der Waals surface area contributed by atoms with Gasteiger partial charge in [-0.1, -0.05) is 0 Å². The quantitative estimate of drug-likeness (QED) is 0.632. The van der Waals surface area contributed by atoms with Gasteiger partial charge < -0.3 is 10.6 Å². The van der Waals surface area contributed by atoms with Crippen molar-refractivity contribution in [3.05, 3.63) is 39.7 Å². The first kappa shape index (κ1) is 13.4. The van der Waals surface area contributed by atoms with Crippen molar-refractivity contribution in [2.24, 2.45) is 0 Å². The van der Waals surface area contributed by atoms with Gasteiger partial charge in [-0.3, -0.25) is 14.9 Å². The van der Waals surface area contributed by atoms with E-state index in [1.165, 1.54) is 0 Å². The molecule has 1 atom stereocenters. The molecule has 1 fully saturated rings. The normalized spacial score (nSPS) is 19.0. The maximum Gasteiger partial charge on any atom is 0.274 e. The number of nitrogens with one attached hydrogen (secondary N) is 2. The van der Waals surface area contributed by atoms with E-state index in [2.05, 4.69) is 10.6 Å². The molecular weight excluding hydrogens is 253 g/mol. The third-order valence-corrected chi connectivity index (χ3v) is 3.08. The lowest BCUT2D eigenvalue weighted by molar-refractivity contribution is -0.385. The van der Waals surface area contributed by atoms with Crippen molar-refractivity contribution >= 4 is 11.6 Å². The fraction of sp³-hybridized carbons (Fsp3) is 0.417. The molecular formula is C12H14FN3O3. The Hall–Kier alpha value is -2.02. The van der Waals surface area contributed by atoms with E-state index in [1.807, 2.05) is 0 Å². The number of benzene rings is 1. The summed E-state index contributed by atoms with van der Waals surface area (Å²) < 4.78 is 13.1. The van der Waals surface area contributed by atoms with Gasteiger partial charge in [0, 0.05) is 37.2 Å². The van der Waals surface area contributed by atoms with E-state index < -0.39 is 10.7 Å². The summed E-state index contributed by atoms with van der Waals surface area (Å²) in [7, 11) is 0. The van der Waals surface area contributed by atoms with Crippen LogP contribution in [-0.4, -0.2) is 23.4 Å². The lowest BCUT2D eigenvalue weighted by Gasteiger charge is -2.23. The predicted molar refractivity (Wildman–Crippen MR) is 65.9 cm³/mol. The number of carbonyl (C=O) groups is 1. The molecule has 102 valence electrons. The monoisotopic (exact) mass is 267 g/mol. The first-order valence-corrected chi connectivity index (χ1v) is 5.99. The number of rotatable bonds is 4. The van der Waals surface area contributed by atoms with Crippen LogP contribution in [0, 0.1) is 15.9 Å². The number of hydrogen-bond donors (Lipinski definition) is 2. The minimum absolute atomic E-state index is 0.00906. The maximum atomic E-state index is 13.1. The van der Waals surface area contributed by atoms with Crippen LogP contribution in [-0.2, 0) is 11.3 Å². The van der Waals surface area contributed by atoms with E-state index in [4.69, 9.17) is 0 Å². The van der Waals surface area contributed by atoms with E-state index in [0.29, 0.717) is 24.9 Å². The molecule has 0 aliphatic carbocycles. The molecule has 1 aliphatic heterocycles. The Kier molecular flexibility index (Phi) is 4.06. The summed E-state index contributed by atoms with van der Waals surface area (Å²) in [5, 5.41) is 16.6. The molecule has 1 aromatic carbocycles. The van der Waals surface area contributed by atoms with Crippen LogP contribution in [0.3, 0.4) is 0 Å². The molecule has 2 rings (SSSR count). The summed E-state index contributed by atoms with van der Waals surface area (Å²) in [5.74, 6) is -0.492. The van der Waals surface area contributed by atoms with Gasteiger partial charge in [0.15, 0.2) is 0 Å². The highest BCUT2D eigenvalue weighted by molar-refractivity contribution is 5.76. The van der Waals surface area contributed by atoms with Gasteiger partial charge in [0.2, 0.25) is 5.91 Å². The fourth-order valence-electron chi connectivity index (χ4n) is 2.04. The Morgan fingerprint density at radius 3 is 2.95 bits per heavy atom. The van der Waals surface area contributed by atoms with E-state index in [1.54, 1.807) is 0 Å². The molecule has 1 aromatic rings. The first-order valence-electron chi connectivity index (χ1n) is 5.99. The number of amides is 1. The second-order valence-electron chi connectivity index (χ2n) is 4.45. The van der Waals surface area contributed by atoms with Crippen LogP contribution >= 0.6 is 0 Å². The maximum absolute atomic E-state index is 13.1. The minimum atomic E-state index is -0.529. The summed E-state index contributed by atoms with van der Waals surface area (Å²) in [6, 6.07) is 3.45. The Balaban J connectivity index is 2.00. The summed E-state index contributed by atoms with van der Waals surface area (Å²) in [6.07, 6.45) is 1.11. The van der Waals surface area contributed by atoms with E-state index in [-0.39, 0.29) is 24.2 Å². The molecule has 2 N–H and O–H groups in total. The summed E-state index contributed by atoms with van der Waals surface area (Å²) in [6.45, 7) is 0.691. The van der Waals surface area contributed by atoms with Crippen LogP contribution in [0.1, 0.15) is 18.4 Å². The van der Waals surface area contributed by atoms with Crippen LogP contribution in [0.15, 0.2) is 18.2 Å². The zero-order valence-corrected chi connectivity index (χ0v) is 10.2. The lowest BCUT2D eigenvalue weighted by Crippen LogP contribution is -2.45. The molecule has 6 nitrogen and oxygen atoms in total. The number of hydrogen-bond acceptors (Lipinski definition) is 4. The molecule has 1 unspecified atom stereocenters. The van der Waals surface area contributed by atoms with Crippen molar-refractivity contribution in [2.45, 2.75) is 25.4 Å². The molecule has 1 amide bonds. The third-order valence-electron chi connectivity index (χ3n) is 3.08. The second-order valence-corrected chi connectivity index (χ2v) is 4.45. The smallest absolute Gasteiger partial charge is 0.274 e. The molecule has 0 saturated carbocycles. The Morgan fingerprint density at radius 1 is 1.53 bits per heavy atom. The van der Waals surface area contributed by atoms with Crippen LogP contribution in [0.2, 0.25) is 0 Å². The van der Waals surface area contributed by atoms with E-state index in [9.17, 15) is 19.3 Å². The Bertz CT molecular complexity index is 497. The summed E-state index contributed by atoms with van der Waals surface area (Å²) in [4.78, 5) is 21.3. The van der Waals surface area contributed by atoms with Crippen LogP contribution in [0.4, 0.5) is 10.1 Å². The van der Waals surface area contributed by atoms with Crippen LogP contribution < -0.4 is 10.6 Å². The van der Waals surface area contributed by atoms with Gasteiger partial charge in [0.05, 0.1) is 4.92 Å². The number of halogens is 1. The number of piperidine rings is 1. The van der Waals surface area contributed by atoms with Crippen LogP contribution in [0.25, 0.3) is 0 Å². The largest absolute Gasteiger partial charge is 0.355 e. The summed E-state index contributed by atoms with van der Waals surface area (Å²) in [5.41, 5.74) is 0.204. The van der Waals surface area contributed by atoms with Gasteiger partial charge in [-0.05, 0) is 18.6 Å². The second kappa shape index (κ2) is 5.75. The highest BCUT2D eigenvalue weighted by Crippen LogP contribution is 2.19. The first-order chi connectivity index (χ1) is 9.06. The highest BCUT2D eigenvalue weighted by Gasteiger charge is 2.19. The minimum Gasteiger partial charge on any atom is -0.355 e. The van der Waals surface area contributed by atoms with Gasteiger partial charge in [0.1, 0.15) is 5.82 Å². The van der Waals surface area contributed by atoms with Crippen molar-refractivity contribution in [3.63, 3.8) is 0 Å². The van der Waals surface area contributed by atoms with Crippen molar-refractivity contribution in [1.82, 2.24) is 10.6 Å². The topological polar surface area (TPSA) is 84.3 Å². The number of nitro groups is 1. The van der Waals surface area contributed by atoms with Gasteiger partial charge >= 0.3 is 0 Å². The average Bonchev–Trinajstić information content (AvgIpc) is 2.38. The van der Waals surface area contributed by atoms with Crippen molar-refractivity contribution in [1.29, 1.82) is 0 Å². The highest BCUT2D eigenvalue weighted by atomic mass is 19.1. The molecule has 1 aliphatic rings. The number of nitro benzene ring substituents is 1. The van der Waals surface area contributed by atoms with Gasteiger partial charge in [0.25, 0.3) is 5.69 Å². The molecule has 7 heteroatoms. The molecule has 19 heavy (non-hydrogen) atoms. The third kappa shape index (κ3) is 3.47. The fourth-order valence-corrected chi connectivity index (χ4v) is 2.04. The van der Waals surface area contributed by atoms with Crippen LogP contribution in [0.5, 0.6) is 0 Å². The van der Waals surface area contributed by atoms with Gasteiger partial charge in [-0.15, -0.1) is 0 Å². The SMILES string of the molecule is O=C1CCC(NCc2cc(F)ccc2[N+](=O)[O-])CN1. The molecule has 0 spiro atoms. The zero-order valence-electron chi connectivity index (χ0n) is 10.2. The molecule has 0 radical (unpaired) electrons. The average molecular weight is 267 g/mol. The molecule has 0 bridgehead atoms. The van der Waals surface area contributed by atoms with E-state index in [0.717, 1.165) is 18.2 Å². The van der Waals surface area contributed by atoms with Crippen molar-refractivity contribution in [3.8, 4) is 0 Å². The molecule has 0 aromatic heterocycles. The number of nitrogens with zero attached hydrogens (tertiary/aromatic N) is 1. The van der Waals surface area contributed by atoms with E-state index >= 15 is 0 Å². The Labute approximate surface area is 109 Å².